The van der Waals surface area contributed by atoms with Crippen molar-refractivity contribution in [1.82, 2.24) is 9.88 Å². The molecule has 0 spiro atoms. The van der Waals surface area contributed by atoms with Gasteiger partial charge in [-0.05, 0) is 19.1 Å². The van der Waals surface area contributed by atoms with Crippen molar-refractivity contribution in [3.8, 4) is 0 Å². The van der Waals surface area contributed by atoms with Crippen molar-refractivity contribution < 1.29 is 9.84 Å². The highest BCUT2D eigenvalue weighted by atomic mass is 35.5. The number of ether oxygens (including phenoxy) is 1. The monoisotopic (exact) mass is 256 g/mol. The number of aromatic nitrogens is 1. The molecule has 0 aromatic carbocycles. The predicted octanol–water partition coefficient (Wildman–Crippen LogP) is 1.32. The minimum Gasteiger partial charge on any atom is -0.394 e. The first-order chi connectivity index (χ1) is 8.17. The van der Waals surface area contributed by atoms with Crippen LogP contribution >= 0.6 is 11.6 Å². The molecule has 1 aromatic rings. The first kappa shape index (κ1) is 12.8. The molecule has 0 radical (unpaired) electrons. The molecule has 1 aromatic heterocycles. The third-order valence-electron chi connectivity index (χ3n) is 2.76. The summed E-state index contributed by atoms with van der Waals surface area (Å²) in [5.74, 6) is 0. The van der Waals surface area contributed by atoms with E-state index in [1.165, 1.54) is 0 Å². The van der Waals surface area contributed by atoms with Crippen molar-refractivity contribution >= 4 is 11.6 Å². The standard InChI is InChI=1S/C12H17ClN2O2/c1-9-5-15(7-11(8-16)17-9)6-10-3-2-4-12(13)14-10/h2-4,9,11,16H,5-8H2,1H3. The van der Waals surface area contributed by atoms with Crippen LogP contribution in [0, 0.1) is 0 Å². The molecule has 0 saturated carbocycles. The topological polar surface area (TPSA) is 45.6 Å². The Morgan fingerprint density at radius 2 is 2.35 bits per heavy atom. The summed E-state index contributed by atoms with van der Waals surface area (Å²) in [6.45, 7) is 4.40. The van der Waals surface area contributed by atoms with Gasteiger partial charge in [0.1, 0.15) is 5.15 Å². The molecule has 0 aliphatic carbocycles. The van der Waals surface area contributed by atoms with Crippen LogP contribution in [0.4, 0.5) is 0 Å². The van der Waals surface area contributed by atoms with E-state index in [1.807, 2.05) is 19.1 Å². The van der Waals surface area contributed by atoms with Crippen LogP contribution in [0.15, 0.2) is 18.2 Å². The number of halogens is 1. The van der Waals surface area contributed by atoms with Crippen LogP contribution < -0.4 is 0 Å². The molecule has 2 atom stereocenters. The van der Waals surface area contributed by atoms with Gasteiger partial charge in [-0.1, -0.05) is 17.7 Å². The molecule has 5 heteroatoms. The summed E-state index contributed by atoms with van der Waals surface area (Å²) in [4.78, 5) is 6.49. The number of aliphatic hydroxyl groups is 1. The second-order valence-electron chi connectivity index (χ2n) is 4.40. The summed E-state index contributed by atoms with van der Waals surface area (Å²) < 4.78 is 5.59. The van der Waals surface area contributed by atoms with Crippen molar-refractivity contribution in [2.24, 2.45) is 0 Å². The van der Waals surface area contributed by atoms with Gasteiger partial charge in [0, 0.05) is 19.6 Å². The van der Waals surface area contributed by atoms with Crippen LogP contribution in [-0.2, 0) is 11.3 Å². The zero-order valence-electron chi connectivity index (χ0n) is 9.84. The first-order valence-electron chi connectivity index (χ1n) is 5.77. The van der Waals surface area contributed by atoms with E-state index < -0.39 is 0 Å². The summed E-state index contributed by atoms with van der Waals surface area (Å²) >= 11 is 5.85. The highest BCUT2D eigenvalue weighted by Crippen LogP contribution is 2.14. The molecular weight excluding hydrogens is 240 g/mol. The van der Waals surface area contributed by atoms with Crippen LogP contribution in [0.1, 0.15) is 12.6 Å². The Morgan fingerprint density at radius 1 is 1.53 bits per heavy atom. The Hall–Kier alpha value is -0.680. The zero-order chi connectivity index (χ0) is 12.3. The number of hydrogen-bond donors (Lipinski definition) is 1. The maximum absolute atomic E-state index is 9.15. The molecular formula is C12H17ClN2O2. The molecule has 1 N–H and O–H groups in total. The number of aliphatic hydroxyl groups excluding tert-OH is 1. The molecule has 94 valence electrons. The van der Waals surface area contributed by atoms with Gasteiger partial charge in [0.2, 0.25) is 0 Å². The van der Waals surface area contributed by atoms with E-state index in [1.54, 1.807) is 6.07 Å². The molecule has 17 heavy (non-hydrogen) atoms. The number of hydrogen-bond acceptors (Lipinski definition) is 4. The van der Waals surface area contributed by atoms with E-state index in [4.69, 9.17) is 21.4 Å². The van der Waals surface area contributed by atoms with E-state index in [0.717, 1.165) is 25.3 Å². The lowest BCUT2D eigenvalue weighted by molar-refractivity contribution is -0.0974. The van der Waals surface area contributed by atoms with Crippen LogP contribution in [-0.4, -0.2) is 46.9 Å². The number of rotatable bonds is 3. The molecule has 2 rings (SSSR count). The van der Waals surface area contributed by atoms with Gasteiger partial charge in [0.25, 0.3) is 0 Å². The molecule has 0 amide bonds. The Labute approximate surface area is 106 Å². The largest absolute Gasteiger partial charge is 0.394 e. The van der Waals surface area contributed by atoms with E-state index in [2.05, 4.69) is 9.88 Å². The quantitative estimate of drug-likeness (QED) is 0.829. The molecule has 2 heterocycles. The minimum absolute atomic E-state index is 0.0593. The zero-order valence-corrected chi connectivity index (χ0v) is 10.6. The lowest BCUT2D eigenvalue weighted by Gasteiger charge is -2.35. The van der Waals surface area contributed by atoms with Gasteiger partial charge in [-0.15, -0.1) is 0 Å². The third kappa shape index (κ3) is 3.64. The van der Waals surface area contributed by atoms with E-state index in [9.17, 15) is 0 Å². The van der Waals surface area contributed by atoms with Crippen molar-refractivity contribution in [3.05, 3.63) is 29.0 Å². The van der Waals surface area contributed by atoms with Gasteiger partial charge < -0.3 is 9.84 Å². The minimum atomic E-state index is -0.0991. The normalized spacial score (nSPS) is 26.1. The average Bonchev–Trinajstić information content (AvgIpc) is 2.28. The lowest BCUT2D eigenvalue weighted by atomic mass is 10.2. The van der Waals surface area contributed by atoms with Crippen LogP contribution in [0.25, 0.3) is 0 Å². The summed E-state index contributed by atoms with van der Waals surface area (Å²) in [6, 6.07) is 5.63. The van der Waals surface area contributed by atoms with Crippen LogP contribution in [0.5, 0.6) is 0 Å². The first-order valence-corrected chi connectivity index (χ1v) is 6.15. The van der Waals surface area contributed by atoms with Crippen LogP contribution in [0.2, 0.25) is 5.15 Å². The van der Waals surface area contributed by atoms with Gasteiger partial charge in [-0.3, -0.25) is 4.90 Å². The summed E-state index contributed by atoms with van der Waals surface area (Å²) in [5.41, 5.74) is 0.947. The maximum Gasteiger partial charge on any atom is 0.129 e. The summed E-state index contributed by atoms with van der Waals surface area (Å²) in [6.07, 6.45) is 0.0398. The molecule has 1 fully saturated rings. The number of pyridine rings is 1. The van der Waals surface area contributed by atoms with Gasteiger partial charge in [-0.25, -0.2) is 4.98 Å². The highest BCUT2D eigenvalue weighted by molar-refractivity contribution is 6.29. The van der Waals surface area contributed by atoms with Crippen molar-refractivity contribution in [3.63, 3.8) is 0 Å². The molecule has 2 unspecified atom stereocenters. The average molecular weight is 257 g/mol. The van der Waals surface area contributed by atoms with Crippen molar-refractivity contribution in [2.45, 2.75) is 25.7 Å². The number of nitrogens with zero attached hydrogens (tertiary/aromatic N) is 2. The summed E-state index contributed by atoms with van der Waals surface area (Å²) in [7, 11) is 0. The van der Waals surface area contributed by atoms with E-state index in [-0.39, 0.29) is 18.8 Å². The van der Waals surface area contributed by atoms with E-state index >= 15 is 0 Å². The highest BCUT2D eigenvalue weighted by Gasteiger charge is 2.24. The third-order valence-corrected chi connectivity index (χ3v) is 2.97. The van der Waals surface area contributed by atoms with Gasteiger partial charge in [0.15, 0.2) is 0 Å². The lowest BCUT2D eigenvalue weighted by Crippen LogP contribution is -2.47. The SMILES string of the molecule is CC1CN(Cc2cccc(Cl)n2)CC(CO)O1. The van der Waals surface area contributed by atoms with Crippen LogP contribution in [0.3, 0.4) is 0 Å². The Bertz CT molecular complexity index is 375. The molecule has 0 bridgehead atoms. The predicted molar refractivity (Wildman–Crippen MR) is 65.9 cm³/mol. The second-order valence-corrected chi connectivity index (χ2v) is 4.78. The van der Waals surface area contributed by atoms with E-state index in [0.29, 0.717) is 5.15 Å². The van der Waals surface area contributed by atoms with Gasteiger partial charge >= 0.3 is 0 Å². The fourth-order valence-electron chi connectivity index (χ4n) is 2.14. The maximum atomic E-state index is 9.15. The molecule has 1 saturated heterocycles. The van der Waals surface area contributed by atoms with Gasteiger partial charge in [0.05, 0.1) is 24.5 Å². The number of morpholine rings is 1. The fourth-order valence-corrected chi connectivity index (χ4v) is 2.32. The molecule has 1 aliphatic rings. The Balaban J connectivity index is 1.98. The molecule has 4 nitrogen and oxygen atoms in total. The fraction of sp³-hybridized carbons (Fsp3) is 0.583. The second kappa shape index (κ2) is 5.78. The van der Waals surface area contributed by atoms with Crippen molar-refractivity contribution in [2.75, 3.05) is 19.7 Å². The van der Waals surface area contributed by atoms with Gasteiger partial charge in [-0.2, -0.15) is 0 Å². The summed E-state index contributed by atoms with van der Waals surface area (Å²) in [5, 5.41) is 9.66. The smallest absolute Gasteiger partial charge is 0.129 e. The van der Waals surface area contributed by atoms with Crippen molar-refractivity contribution in [1.29, 1.82) is 0 Å². The molecule has 1 aliphatic heterocycles. The Kier molecular flexibility index (Phi) is 4.34. The Morgan fingerprint density at radius 3 is 3.06 bits per heavy atom.